The Morgan fingerprint density at radius 1 is 1.06 bits per heavy atom. The Hall–Kier alpha value is -0.0800. The van der Waals surface area contributed by atoms with Crippen molar-refractivity contribution < 1.29 is 0 Å². The van der Waals surface area contributed by atoms with Crippen LogP contribution in [-0.2, 0) is 0 Å². The van der Waals surface area contributed by atoms with Crippen molar-refractivity contribution in [3.8, 4) is 0 Å². The van der Waals surface area contributed by atoms with Gasteiger partial charge in [-0.3, -0.25) is 4.90 Å². The van der Waals surface area contributed by atoms with Crippen LogP contribution in [0.2, 0.25) is 0 Å². The summed E-state index contributed by atoms with van der Waals surface area (Å²) in [6.07, 6.45) is 10.2. The quantitative estimate of drug-likeness (QED) is 0.834. The minimum Gasteiger partial charge on any atom is -0.329 e. The first-order chi connectivity index (χ1) is 8.52. The molecule has 1 heterocycles. The van der Waals surface area contributed by atoms with E-state index in [2.05, 4.69) is 25.7 Å². The van der Waals surface area contributed by atoms with Gasteiger partial charge in [-0.25, -0.2) is 0 Å². The summed E-state index contributed by atoms with van der Waals surface area (Å²) in [7, 11) is 0. The maximum absolute atomic E-state index is 6.07. The van der Waals surface area contributed by atoms with Gasteiger partial charge in [-0.1, -0.05) is 33.1 Å². The second-order valence-electron chi connectivity index (χ2n) is 7.26. The highest BCUT2D eigenvalue weighted by atomic mass is 15.2. The van der Waals surface area contributed by atoms with Crippen molar-refractivity contribution in [3.05, 3.63) is 0 Å². The highest BCUT2D eigenvalue weighted by Crippen LogP contribution is 2.45. The zero-order valence-corrected chi connectivity index (χ0v) is 12.7. The van der Waals surface area contributed by atoms with E-state index in [4.69, 9.17) is 5.73 Å². The SMILES string of the molecule is CC(C)C(C)(CN)N1CCC2(CCCCC2)CC1. The first-order valence-corrected chi connectivity index (χ1v) is 7.98. The summed E-state index contributed by atoms with van der Waals surface area (Å²) in [6, 6.07) is 0. The third kappa shape index (κ3) is 2.60. The van der Waals surface area contributed by atoms with Crippen molar-refractivity contribution in [2.24, 2.45) is 17.1 Å². The molecule has 0 bridgehead atoms. The van der Waals surface area contributed by atoms with Gasteiger partial charge in [0, 0.05) is 12.1 Å². The molecule has 1 saturated heterocycles. The van der Waals surface area contributed by atoms with Crippen LogP contribution in [0.5, 0.6) is 0 Å². The Morgan fingerprint density at radius 3 is 2.06 bits per heavy atom. The number of nitrogens with two attached hydrogens (primary N) is 1. The van der Waals surface area contributed by atoms with Crippen molar-refractivity contribution in [3.63, 3.8) is 0 Å². The molecule has 0 amide bonds. The van der Waals surface area contributed by atoms with Gasteiger partial charge >= 0.3 is 0 Å². The van der Waals surface area contributed by atoms with Gasteiger partial charge in [-0.2, -0.15) is 0 Å². The molecule has 0 aromatic carbocycles. The molecule has 0 aromatic heterocycles. The van der Waals surface area contributed by atoms with Crippen LogP contribution in [0.1, 0.15) is 65.7 Å². The van der Waals surface area contributed by atoms with E-state index in [0.717, 1.165) is 6.54 Å². The molecule has 1 saturated carbocycles. The summed E-state index contributed by atoms with van der Waals surface area (Å²) in [5.74, 6) is 0.642. The van der Waals surface area contributed by atoms with Gasteiger partial charge in [-0.05, 0) is 57.0 Å². The number of hydrogen-bond donors (Lipinski definition) is 1. The lowest BCUT2D eigenvalue weighted by Crippen LogP contribution is -2.58. The van der Waals surface area contributed by atoms with E-state index in [-0.39, 0.29) is 5.54 Å². The number of likely N-dealkylation sites (tertiary alicyclic amines) is 1. The third-order valence-corrected chi connectivity index (χ3v) is 6.12. The highest BCUT2D eigenvalue weighted by molar-refractivity contribution is 4.96. The first-order valence-electron chi connectivity index (χ1n) is 7.98. The average Bonchev–Trinajstić information content (AvgIpc) is 2.39. The predicted molar refractivity (Wildman–Crippen MR) is 78.6 cm³/mol. The minimum atomic E-state index is 0.205. The van der Waals surface area contributed by atoms with Gasteiger partial charge < -0.3 is 5.73 Å². The first kappa shape index (κ1) is 14.3. The molecule has 2 rings (SSSR count). The standard InChI is InChI=1S/C16H32N2/c1-14(2)15(3,13-17)18-11-9-16(10-12-18)7-5-4-6-8-16/h14H,4-13,17H2,1-3H3. The van der Waals surface area contributed by atoms with E-state index in [1.807, 2.05) is 0 Å². The minimum absolute atomic E-state index is 0.205. The van der Waals surface area contributed by atoms with Crippen LogP contribution in [-0.4, -0.2) is 30.1 Å². The fraction of sp³-hybridized carbons (Fsp3) is 1.00. The monoisotopic (exact) mass is 252 g/mol. The normalized spacial score (nSPS) is 28.5. The van der Waals surface area contributed by atoms with Crippen LogP contribution in [0.4, 0.5) is 0 Å². The van der Waals surface area contributed by atoms with Gasteiger partial charge in [0.15, 0.2) is 0 Å². The lowest BCUT2D eigenvalue weighted by molar-refractivity contribution is -0.00850. The molecule has 2 fully saturated rings. The average molecular weight is 252 g/mol. The van der Waals surface area contributed by atoms with E-state index < -0.39 is 0 Å². The number of hydrogen-bond acceptors (Lipinski definition) is 2. The van der Waals surface area contributed by atoms with Gasteiger partial charge in [0.2, 0.25) is 0 Å². The molecule has 106 valence electrons. The van der Waals surface area contributed by atoms with E-state index in [1.54, 1.807) is 0 Å². The Morgan fingerprint density at radius 2 is 1.61 bits per heavy atom. The Labute approximate surface area is 113 Å². The zero-order valence-electron chi connectivity index (χ0n) is 12.7. The molecule has 1 aliphatic heterocycles. The van der Waals surface area contributed by atoms with Gasteiger partial charge in [0.05, 0.1) is 0 Å². The Bertz CT molecular complexity index is 258. The summed E-state index contributed by atoms with van der Waals surface area (Å²) in [5.41, 5.74) is 6.98. The molecule has 1 aliphatic carbocycles. The van der Waals surface area contributed by atoms with Crippen LogP contribution in [0.15, 0.2) is 0 Å². The van der Waals surface area contributed by atoms with Crippen LogP contribution >= 0.6 is 0 Å². The molecule has 18 heavy (non-hydrogen) atoms. The van der Waals surface area contributed by atoms with Crippen molar-refractivity contribution in [2.45, 2.75) is 71.3 Å². The number of nitrogens with zero attached hydrogens (tertiary/aromatic N) is 1. The molecule has 1 unspecified atom stereocenters. The summed E-state index contributed by atoms with van der Waals surface area (Å²) < 4.78 is 0. The van der Waals surface area contributed by atoms with Crippen LogP contribution < -0.4 is 5.73 Å². The van der Waals surface area contributed by atoms with E-state index in [9.17, 15) is 0 Å². The summed E-state index contributed by atoms with van der Waals surface area (Å²) >= 11 is 0. The summed E-state index contributed by atoms with van der Waals surface area (Å²) in [5, 5.41) is 0. The number of piperidine rings is 1. The molecule has 1 atom stereocenters. The lowest BCUT2D eigenvalue weighted by atomic mass is 9.67. The molecule has 2 N–H and O–H groups in total. The molecule has 2 aliphatic rings. The van der Waals surface area contributed by atoms with E-state index in [0.29, 0.717) is 11.3 Å². The zero-order chi connectivity index (χ0) is 13.2. The van der Waals surface area contributed by atoms with Crippen molar-refractivity contribution in [1.29, 1.82) is 0 Å². The smallest absolute Gasteiger partial charge is 0.0326 e. The summed E-state index contributed by atoms with van der Waals surface area (Å²) in [4.78, 5) is 2.68. The Balaban J connectivity index is 1.97. The molecule has 1 spiro atoms. The third-order valence-electron chi connectivity index (χ3n) is 6.12. The largest absolute Gasteiger partial charge is 0.329 e. The second kappa shape index (κ2) is 5.50. The highest BCUT2D eigenvalue weighted by Gasteiger charge is 2.41. The summed E-state index contributed by atoms with van der Waals surface area (Å²) in [6.45, 7) is 10.3. The van der Waals surface area contributed by atoms with E-state index >= 15 is 0 Å². The van der Waals surface area contributed by atoms with Crippen molar-refractivity contribution >= 4 is 0 Å². The molecule has 2 heteroatoms. The topological polar surface area (TPSA) is 29.3 Å². The van der Waals surface area contributed by atoms with Gasteiger partial charge in [0.25, 0.3) is 0 Å². The van der Waals surface area contributed by atoms with Crippen LogP contribution in [0.3, 0.4) is 0 Å². The van der Waals surface area contributed by atoms with E-state index in [1.165, 1.54) is 58.0 Å². The lowest BCUT2D eigenvalue weighted by Gasteiger charge is -2.51. The van der Waals surface area contributed by atoms with Crippen molar-refractivity contribution in [2.75, 3.05) is 19.6 Å². The molecule has 0 radical (unpaired) electrons. The molecular formula is C16H32N2. The maximum atomic E-state index is 6.07. The fourth-order valence-corrected chi connectivity index (χ4v) is 4.02. The molecule has 0 aromatic rings. The van der Waals surface area contributed by atoms with Crippen molar-refractivity contribution in [1.82, 2.24) is 4.90 Å². The molecule has 2 nitrogen and oxygen atoms in total. The Kier molecular flexibility index (Phi) is 4.38. The molecular weight excluding hydrogens is 220 g/mol. The second-order valence-corrected chi connectivity index (χ2v) is 7.26. The van der Waals surface area contributed by atoms with Gasteiger partial charge in [-0.15, -0.1) is 0 Å². The fourth-order valence-electron chi connectivity index (χ4n) is 4.02. The van der Waals surface area contributed by atoms with Crippen LogP contribution in [0.25, 0.3) is 0 Å². The van der Waals surface area contributed by atoms with Gasteiger partial charge in [0.1, 0.15) is 0 Å². The maximum Gasteiger partial charge on any atom is 0.0326 e. The predicted octanol–water partition coefficient (Wildman–Crippen LogP) is 3.41. The number of rotatable bonds is 3. The van der Waals surface area contributed by atoms with Crippen LogP contribution in [0, 0.1) is 11.3 Å².